The number of hydrogen-bond donors (Lipinski definition) is 2. The number of piperidine rings is 1. The first-order chi connectivity index (χ1) is 28.5. The lowest BCUT2D eigenvalue weighted by Crippen LogP contribution is -2.47. The second-order valence-electron chi connectivity index (χ2n) is 16.6. The minimum Gasteiger partial charge on any atom is -0.456 e. The number of anilines is 2. The SMILES string of the molecule is CN1CCC(Nc2ccc(S(=O)(=O)NC(=O)c3ccc(N4CCN(CC5=C(c6cccc(Cl)c6)CC(C)(C)CC5)CC4)cc3Oc3ccc(Cl)c(Cl)c3)cc2[N+](=O)[O-])CC1. The number of nitrogens with one attached hydrogen (secondary N) is 2. The van der Waals surface area contributed by atoms with Crippen molar-refractivity contribution in [2.24, 2.45) is 5.41 Å². The van der Waals surface area contributed by atoms with Gasteiger partial charge in [-0.15, -0.1) is 0 Å². The van der Waals surface area contributed by atoms with Crippen LogP contribution in [0.4, 0.5) is 17.1 Å². The Morgan fingerprint density at radius 3 is 2.37 bits per heavy atom. The third kappa shape index (κ3) is 10.6. The van der Waals surface area contributed by atoms with Crippen LogP contribution in [0.3, 0.4) is 0 Å². The Balaban J connectivity index is 1.09. The van der Waals surface area contributed by atoms with Crippen LogP contribution >= 0.6 is 34.8 Å². The van der Waals surface area contributed by atoms with Gasteiger partial charge in [-0.05, 0) is 117 Å². The number of carbonyl (C=O) groups excluding carboxylic acids is 1. The van der Waals surface area contributed by atoms with Crippen LogP contribution in [0.5, 0.6) is 11.5 Å². The molecule has 0 unspecified atom stereocenters. The number of ether oxygens (including phenoxy) is 1. The Hall–Kier alpha value is -4.37. The lowest BCUT2D eigenvalue weighted by Gasteiger charge is -2.39. The Morgan fingerprint density at radius 1 is 0.917 bits per heavy atom. The second kappa shape index (κ2) is 18.3. The first kappa shape index (κ1) is 43.7. The number of nitro benzene ring substituents is 1. The van der Waals surface area contributed by atoms with Gasteiger partial charge in [0, 0.05) is 67.7 Å². The molecule has 4 aromatic carbocycles. The Morgan fingerprint density at radius 2 is 1.67 bits per heavy atom. The number of nitrogens with zero attached hydrogens (tertiary/aromatic N) is 4. The number of piperazine rings is 1. The molecule has 0 aromatic heterocycles. The number of sulfonamides is 1. The van der Waals surface area contributed by atoms with Gasteiger partial charge in [-0.3, -0.25) is 19.8 Å². The Kier molecular flexibility index (Phi) is 13.3. The zero-order valence-electron chi connectivity index (χ0n) is 33.8. The first-order valence-corrected chi connectivity index (χ1v) is 22.7. The molecular formula is C44H49Cl3N6O6S. The quantitative estimate of drug-likeness (QED) is 0.105. The highest BCUT2D eigenvalue weighted by Gasteiger charge is 2.31. The molecule has 4 aromatic rings. The van der Waals surface area contributed by atoms with Crippen molar-refractivity contribution >= 4 is 73.4 Å². The van der Waals surface area contributed by atoms with E-state index >= 15 is 0 Å². The molecule has 2 fully saturated rings. The molecule has 1 aliphatic carbocycles. The number of halogens is 3. The second-order valence-corrected chi connectivity index (χ2v) is 19.6. The molecule has 0 spiro atoms. The smallest absolute Gasteiger partial charge is 0.293 e. The fraction of sp³-hybridized carbons (Fsp3) is 0.386. The van der Waals surface area contributed by atoms with Crippen LogP contribution in [-0.2, 0) is 10.0 Å². The monoisotopic (exact) mass is 894 g/mol. The van der Waals surface area contributed by atoms with Gasteiger partial charge in [0.1, 0.15) is 17.2 Å². The van der Waals surface area contributed by atoms with E-state index in [0.717, 1.165) is 81.6 Å². The average molecular weight is 896 g/mol. The third-order valence-corrected chi connectivity index (χ3v) is 13.9. The molecule has 0 atom stereocenters. The van der Waals surface area contributed by atoms with Crippen LogP contribution < -0.4 is 19.7 Å². The summed E-state index contributed by atoms with van der Waals surface area (Å²) in [6, 6.07) is 21.4. The number of rotatable bonds is 12. The van der Waals surface area contributed by atoms with Gasteiger partial charge in [-0.1, -0.05) is 66.4 Å². The van der Waals surface area contributed by atoms with Gasteiger partial charge in [-0.2, -0.15) is 0 Å². The fourth-order valence-electron chi connectivity index (χ4n) is 8.13. The average Bonchev–Trinajstić information content (AvgIpc) is 3.21. The highest BCUT2D eigenvalue weighted by Crippen LogP contribution is 2.44. The number of allylic oxidation sites excluding steroid dienone is 1. The van der Waals surface area contributed by atoms with Crippen LogP contribution in [0.1, 0.15) is 61.9 Å². The number of benzene rings is 4. The van der Waals surface area contributed by atoms with Crippen molar-refractivity contribution in [2.45, 2.75) is 56.9 Å². The molecule has 3 aliphatic rings. The largest absolute Gasteiger partial charge is 0.456 e. The predicted octanol–water partition coefficient (Wildman–Crippen LogP) is 9.76. The van der Waals surface area contributed by atoms with E-state index in [4.69, 9.17) is 39.5 Å². The minimum atomic E-state index is -4.56. The van der Waals surface area contributed by atoms with Gasteiger partial charge in [0.2, 0.25) is 0 Å². The molecule has 318 valence electrons. The molecule has 2 aliphatic heterocycles. The summed E-state index contributed by atoms with van der Waals surface area (Å²) in [4.78, 5) is 31.7. The van der Waals surface area contributed by atoms with Crippen LogP contribution in [0, 0.1) is 15.5 Å². The molecule has 2 saturated heterocycles. The first-order valence-electron chi connectivity index (χ1n) is 20.1. The van der Waals surface area contributed by atoms with E-state index in [1.54, 1.807) is 24.3 Å². The van der Waals surface area contributed by atoms with Crippen molar-refractivity contribution in [1.82, 2.24) is 14.5 Å². The standard InChI is InChI=1S/C44H49Cl3N6O6S/c1-44(2)16-13-30(37(27-44)29-5-4-6-31(45)23-29)28-51-19-21-52(22-20-51)33-7-10-36(42(24-33)59-34-8-11-38(46)39(47)25-34)43(54)49-60(57,58)35-9-12-40(41(26-35)53(55)56)48-32-14-17-50(3)18-15-32/h4-12,23-26,32,48H,13-22,27-28H2,1-3H3,(H,49,54). The van der Waals surface area contributed by atoms with Gasteiger partial charge in [0.25, 0.3) is 21.6 Å². The molecular weight excluding hydrogens is 847 g/mol. The summed E-state index contributed by atoms with van der Waals surface area (Å²) in [5, 5.41) is 16.6. The van der Waals surface area contributed by atoms with Crippen molar-refractivity contribution in [3.63, 3.8) is 0 Å². The van der Waals surface area contributed by atoms with E-state index in [0.29, 0.717) is 18.1 Å². The maximum atomic E-state index is 13.8. The fourth-order valence-corrected chi connectivity index (χ4v) is 9.59. The topological polar surface area (TPSA) is 137 Å². The summed E-state index contributed by atoms with van der Waals surface area (Å²) < 4.78 is 35.6. The lowest BCUT2D eigenvalue weighted by atomic mass is 9.72. The molecule has 0 bridgehead atoms. The lowest BCUT2D eigenvalue weighted by molar-refractivity contribution is -0.384. The van der Waals surface area contributed by atoms with Crippen molar-refractivity contribution in [1.29, 1.82) is 0 Å². The van der Waals surface area contributed by atoms with Gasteiger partial charge in [-0.25, -0.2) is 13.1 Å². The van der Waals surface area contributed by atoms with E-state index in [2.05, 4.69) is 50.7 Å². The number of likely N-dealkylation sites (tertiary alicyclic amines) is 1. The van der Waals surface area contributed by atoms with Crippen LogP contribution in [0.2, 0.25) is 15.1 Å². The zero-order valence-corrected chi connectivity index (χ0v) is 36.9. The number of carbonyl (C=O) groups is 1. The maximum absolute atomic E-state index is 13.8. The van der Waals surface area contributed by atoms with Crippen molar-refractivity contribution in [2.75, 3.05) is 63.1 Å². The van der Waals surface area contributed by atoms with Crippen molar-refractivity contribution in [3.05, 3.63) is 121 Å². The summed E-state index contributed by atoms with van der Waals surface area (Å²) >= 11 is 18.9. The van der Waals surface area contributed by atoms with E-state index in [1.807, 2.05) is 19.2 Å². The molecule has 2 heterocycles. The molecule has 60 heavy (non-hydrogen) atoms. The predicted molar refractivity (Wildman–Crippen MR) is 240 cm³/mol. The molecule has 2 N–H and O–H groups in total. The van der Waals surface area contributed by atoms with Gasteiger partial charge in [0.15, 0.2) is 0 Å². The van der Waals surface area contributed by atoms with Gasteiger partial charge in [0.05, 0.1) is 25.4 Å². The summed E-state index contributed by atoms with van der Waals surface area (Å²) in [7, 11) is -2.55. The Bertz CT molecular complexity index is 2410. The van der Waals surface area contributed by atoms with Crippen LogP contribution in [0.15, 0.2) is 89.3 Å². The maximum Gasteiger partial charge on any atom is 0.293 e. The number of nitro groups is 1. The molecule has 7 rings (SSSR count). The van der Waals surface area contributed by atoms with Crippen molar-refractivity contribution < 1.29 is 22.9 Å². The highest BCUT2D eigenvalue weighted by atomic mass is 35.5. The molecule has 16 heteroatoms. The van der Waals surface area contributed by atoms with E-state index < -0.39 is 31.4 Å². The Labute approximate surface area is 366 Å². The highest BCUT2D eigenvalue weighted by molar-refractivity contribution is 7.90. The number of amides is 1. The molecule has 0 radical (unpaired) electrons. The summed E-state index contributed by atoms with van der Waals surface area (Å²) in [5.41, 5.74) is 4.75. The molecule has 0 saturated carbocycles. The minimum absolute atomic E-state index is 0.00324. The van der Waals surface area contributed by atoms with E-state index in [9.17, 15) is 23.3 Å². The summed E-state index contributed by atoms with van der Waals surface area (Å²) in [5.74, 6) is -0.603. The molecule has 12 nitrogen and oxygen atoms in total. The van der Waals surface area contributed by atoms with E-state index in [-0.39, 0.29) is 39.2 Å². The van der Waals surface area contributed by atoms with Gasteiger partial charge >= 0.3 is 0 Å². The van der Waals surface area contributed by atoms with Gasteiger partial charge < -0.3 is 19.9 Å². The summed E-state index contributed by atoms with van der Waals surface area (Å²) in [6.07, 6.45) is 4.72. The summed E-state index contributed by atoms with van der Waals surface area (Å²) in [6.45, 7) is 10.2. The third-order valence-electron chi connectivity index (χ3n) is 11.6. The molecule has 1 amide bonds. The van der Waals surface area contributed by atoms with Crippen LogP contribution in [0.25, 0.3) is 5.57 Å². The normalized spacial score (nSPS) is 18.0. The van der Waals surface area contributed by atoms with Crippen molar-refractivity contribution in [3.8, 4) is 11.5 Å². The number of hydrogen-bond acceptors (Lipinski definition) is 10. The van der Waals surface area contributed by atoms with Crippen LogP contribution in [-0.4, -0.2) is 88.0 Å². The van der Waals surface area contributed by atoms with E-state index in [1.165, 1.54) is 41.0 Å². The zero-order chi connectivity index (χ0) is 42.8.